The molecule has 2 N–H and O–H groups in total. The summed E-state index contributed by atoms with van der Waals surface area (Å²) in [6.45, 7) is 1.82. The first-order valence-electron chi connectivity index (χ1n) is 10.6. The number of nitrogens with one attached hydrogen (secondary N) is 2. The Morgan fingerprint density at radius 1 is 1.15 bits per heavy atom. The van der Waals surface area contributed by atoms with Crippen molar-refractivity contribution in [2.45, 2.75) is 13.0 Å². The highest BCUT2D eigenvalue weighted by Gasteiger charge is 2.34. The number of ether oxygens (including phenoxy) is 1. The molecular weight excluding hydrogens is 435 g/mol. The zero-order chi connectivity index (χ0) is 23.7. The number of hydrogen-bond acceptors (Lipinski definition) is 6. The van der Waals surface area contributed by atoms with Gasteiger partial charge in [-0.1, -0.05) is 12.1 Å². The number of nitrogens with zero attached hydrogens (tertiary/aromatic N) is 4. The third kappa shape index (κ3) is 3.99. The second kappa shape index (κ2) is 8.78. The van der Waals surface area contributed by atoms with Crippen molar-refractivity contribution in [2.75, 3.05) is 17.7 Å². The smallest absolute Gasteiger partial charge is 0.255 e. The van der Waals surface area contributed by atoms with E-state index in [-0.39, 0.29) is 11.7 Å². The molecule has 2 aromatic carbocycles. The predicted molar refractivity (Wildman–Crippen MR) is 126 cm³/mol. The predicted octanol–water partition coefficient (Wildman–Crippen LogP) is 4.42. The highest BCUT2D eigenvalue weighted by Crippen LogP contribution is 2.37. The number of halogens is 1. The Labute approximate surface area is 195 Å². The van der Waals surface area contributed by atoms with Crippen molar-refractivity contribution in [1.29, 1.82) is 0 Å². The normalized spacial score (nSPS) is 14.9. The van der Waals surface area contributed by atoms with Gasteiger partial charge in [-0.3, -0.25) is 9.78 Å². The van der Waals surface area contributed by atoms with Gasteiger partial charge in [-0.2, -0.15) is 4.98 Å². The van der Waals surface area contributed by atoms with Crippen LogP contribution in [-0.4, -0.2) is 32.8 Å². The van der Waals surface area contributed by atoms with E-state index in [4.69, 9.17) is 9.84 Å². The van der Waals surface area contributed by atoms with Gasteiger partial charge in [-0.25, -0.2) is 9.07 Å². The van der Waals surface area contributed by atoms with Gasteiger partial charge in [0, 0.05) is 17.5 Å². The number of rotatable bonds is 5. The van der Waals surface area contributed by atoms with Crippen molar-refractivity contribution >= 4 is 17.5 Å². The molecule has 34 heavy (non-hydrogen) atoms. The quantitative estimate of drug-likeness (QED) is 0.462. The van der Waals surface area contributed by atoms with Crippen molar-refractivity contribution < 1.29 is 13.9 Å². The maximum atomic E-state index is 13.5. The van der Waals surface area contributed by atoms with Crippen molar-refractivity contribution in [2.24, 2.45) is 0 Å². The Bertz CT molecular complexity index is 1380. The molecule has 8 nitrogen and oxygen atoms in total. The summed E-state index contributed by atoms with van der Waals surface area (Å²) < 4.78 is 20.5. The summed E-state index contributed by atoms with van der Waals surface area (Å²) in [5, 5.41) is 10.8. The highest BCUT2D eigenvalue weighted by molar-refractivity contribution is 6.06. The molecule has 0 aliphatic carbocycles. The van der Waals surface area contributed by atoms with E-state index >= 15 is 0 Å². The van der Waals surface area contributed by atoms with Gasteiger partial charge in [0.2, 0.25) is 5.95 Å². The average Bonchev–Trinajstić information content (AvgIpc) is 3.27. The second-order valence-electron chi connectivity index (χ2n) is 7.75. The van der Waals surface area contributed by atoms with Gasteiger partial charge in [0.1, 0.15) is 17.6 Å². The van der Waals surface area contributed by atoms with Crippen LogP contribution in [0.3, 0.4) is 0 Å². The van der Waals surface area contributed by atoms with Crippen LogP contribution in [-0.2, 0) is 4.79 Å². The molecule has 1 unspecified atom stereocenters. The molecule has 2 aromatic heterocycles. The van der Waals surface area contributed by atoms with Gasteiger partial charge in [-0.15, -0.1) is 5.10 Å². The number of carbonyl (C=O) groups is 1. The Hall–Kier alpha value is -4.53. The number of pyridine rings is 1. The van der Waals surface area contributed by atoms with Crippen LogP contribution in [0, 0.1) is 5.82 Å². The Morgan fingerprint density at radius 3 is 2.71 bits per heavy atom. The van der Waals surface area contributed by atoms with Crippen LogP contribution >= 0.6 is 0 Å². The van der Waals surface area contributed by atoms with Gasteiger partial charge >= 0.3 is 0 Å². The van der Waals surface area contributed by atoms with Crippen molar-refractivity contribution in [3.05, 3.63) is 95.7 Å². The van der Waals surface area contributed by atoms with Crippen molar-refractivity contribution in [3.63, 3.8) is 0 Å². The zero-order valence-electron chi connectivity index (χ0n) is 18.5. The van der Waals surface area contributed by atoms with Crippen molar-refractivity contribution in [1.82, 2.24) is 19.7 Å². The first kappa shape index (κ1) is 21.3. The van der Waals surface area contributed by atoms with Crippen LogP contribution < -0.4 is 15.4 Å². The minimum absolute atomic E-state index is 0.296. The van der Waals surface area contributed by atoms with Crippen LogP contribution in [0.25, 0.3) is 11.4 Å². The fraction of sp³-hybridized carbons (Fsp3) is 0.120. The lowest BCUT2D eigenvalue weighted by molar-refractivity contribution is -0.113. The fourth-order valence-electron chi connectivity index (χ4n) is 3.92. The van der Waals surface area contributed by atoms with Gasteiger partial charge in [0.25, 0.3) is 5.91 Å². The minimum Gasteiger partial charge on any atom is -0.497 e. The number of carbonyl (C=O) groups excluding carboxylic acids is 1. The molecule has 4 aromatic rings. The monoisotopic (exact) mass is 456 g/mol. The number of anilines is 2. The molecule has 0 bridgehead atoms. The van der Waals surface area contributed by atoms with E-state index in [0.29, 0.717) is 40.0 Å². The highest BCUT2D eigenvalue weighted by atomic mass is 19.1. The molecule has 1 atom stereocenters. The summed E-state index contributed by atoms with van der Waals surface area (Å²) in [6, 6.07) is 16.4. The van der Waals surface area contributed by atoms with E-state index in [1.54, 1.807) is 48.5 Å². The summed E-state index contributed by atoms with van der Waals surface area (Å²) >= 11 is 0. The Kier molecular flexibility index (Phi) is 5.51. The number of benzene rings is 2. The third-order valence-electron chi connectivity index (χ3n) is 5.53. The third-order valence-corrected chi connectivity index (χ3v) is 5.53. The molecule has 170 valence electrons. The lowest BCUT2D eigenvalue weighted by atomic mass is 9.95. The van der Waals surface area contributed by atoms with Gasteiger partial charge in [0.15, 0.2) is 5.82 Å². The second-order valence-corrected chi connectivity index (χ2v) is 7.75. The molecule has 1 aliphatic rings. The number of amides is 1. The largest absolute Gasteiger partial charge is 0.497 e. The molecule has 0 fully saturated rings. The lowest BCUT2D eigenvalue weighted by Gasteiger charge is -2.28. The first-order valence-corrected chi connectivity index (χ1v) is 10.6. The molecule has 5 rings (SSSR count). The average molecular weight is 456 g/mol. The van der Waals surface area contributed by atoms with Crippen LogP contribution in [0.15, 0.2) is 84.3 Å². The molecule has 1 aliphatic heterocycles. The number of aromatic nitrogens is 4. The van der Waals surface area contributed by atoms with E-state index in [0.717, 1.165) is 5.56 Å². The molecule has 0 saturated heterocycles. The van der Waals surface area contributed by atoms with E-state index in [1.165, 1.54) is 12.1 Å². The fourth-order valence-corrected chi connectivity index (χ4v) is 3.92. The lowest BCUT2D eigenvalue weighted by Crippen LogP contribution is -2.31. The standard InChI is InChI=1S/C25H21FN6O2/c1-15-21(24(33)29-19-6-4-12-27-14-19)22(17-5-3-7-20(13-17)34-2)32-25(28-15)30-23(31-32)16-8-10-18(26)11-9-16/h3-14,22H,1-2H3,(H,29,33)(H,28,30,31). The molecule has 3 heterocycles. The summed E-state index contributed by atoms with van der Waals surface area (Å²) in [6.07, 6.45) is 3.22. The zero-order valence-corrected chi connectivity index (χ0v) is 18.5. The summed E-state index contributed by atoms with van der Waals surface area (Å²) in [4.78, 5) is 22.1. The van der Waals surface area contributed by atoms with Gasteiger partial charge < -0.3 is 15.4 Å². The first-order chi connectivity index (χ1) is 16.5. The number of allylic oxidation sites excluding steroid dienone is 1. The van der Waals surface area contributed by atoms with E-state index < -0.39 is 6.04 Å². The van der Waals surface area contributed by atoms with Crippen LogP contribution in [0.1, 0.15) is 18.5 Å². The Morgan fingerprint density at radius 2 is 1.97 bits per heavy atom. The van der Waals surface area contributed by atoms with E-state index in [1.807, 2.05) is 31.2 Å². The van der Waals surface area contributed by atoms with Crippen LogP contribution in [0.4, 0.5) is 16.0 Å². The summed E-state index contributed by atoms with van der Waals surface area (Å²) in [5.41, 5.74) is 3.15. The molecule has 0 radical (unpaired) electrons. The topological polar surface area (TPSA) is 94.0 Å². The summed E-state index contributed by atoms with van der Waals surface area (Å²) in [7, 11) is 1.59. The Balaban J connectivity index is 1.61. The minimum atomic E-state index is -0.579. The van der Waals surface area contributed by atoms with Crippen molar-refractivity contribution in [3.8, 4) is 17.1 Å². The summed E-state index contributed by atoms with van der Waals surface area (Å²) in [5.74, 6) is 0.906. The maximum absolute atomic E-state index is 13.5. The SMILES string of the molecule is COc1cccc(C2C(C(=O)Nc3cccnc3)=C(C)Nc3nc(-c4ccc(F)cc4)nn32)c1. The molecule has 0 spiro atoms. The number of hydrogen-bond donors (Lipinski definition) is 2. The molecule has 9 heteroatoms. The van der Waals surface area contributed by atoms with Gasteiger partial charge in [-0.05, 0) is 61.0 Å². The number of methoxy groups -OCH3 is 1. The molecule has 1 amide bonds. The molecule has 0 saturated carbocycles. The van der Waals surface area contributed by atoms with Crippen LogP contribution in [0.2, 0.25) is 0 Å². The molecular formula is C25H21FN6O2. The van der Waals surface area contributed by atoms with E-state index in [2.05, 4.69) is 20.6 Å². The van der Waals surface area contributed by atoms with E-state index in [9.17, 15) is 9.18 Å². The number of fused-ring (bicyclic) bond motifs is 1. The van der Waals surface area contributed by atoms with Gasteiger partial charge in [0.05, 0.1) is 24.6 Å². The maximum Gasteiger partial charge on any atom is 0.255 e. The van der Waals surface area contributed by atoms with Crippen LogP contribution in [0.5, 0.6) is 5.75 Å².